The summed E-state index contributed by atoms with van der Waals surface area (Å²) >= 11 is 0. The van der Waals surface area contributed by atoms with Crippen LogP contribution in [0.2, 0.25) is 0 Å². The summed E-state index contributed by atoms with van der Waals surface area (Å²) in [5.74, 6) is -0.0985. The minimum absolute atomic E-state index is 0.0253. The average molecular weight is 235 g/mol. The molecule has 0 aromatic carbocycles. The molecule has 1 atom stereocenters. The second-order valence-electron chi connectivity index (χ2n) is 4.16. The van der Waals surface area contributed by atoms with E-state index >= 15 is 0 Å². The zero-order chi connectivity index (χ0) is 12.3. The van der Waals surface area contributed by atoms with Gasteiger partial charge in [-0.05, 0) is 25.0 Å². The lowest BCUT2D eigenvalue weighted by Gasteiger charge is -2.22. The van der Waals surface area contributed by atoms with Crippen LogP contribution in [0.1, 0.15) is 23.3 Å². The molecule has 1 aromatic heterocycles. The number of hydrogen-bond acceptors (Lipinski definition) is 4. The summed E-state index contributed by atoms with van der Waals surface area (Å²) in [6.07, 6.45) is 3.43. The highest BCUT2D eigenvalue weighted by Crippen LogP contribution is 2.19. The minimum atomic E-state index is -0.0985. The Kier molecular flexibility index (Phi) is 3.58. The summed E-state index contributed by atoms with van der Waals surface area (Å²) in [5, 5.41) is 12.2. The van der Waals surface area contributed by atoms with Gasteiger partial charge < -0.3 is 15.3 Å². The first-order valence-electron chi connectivity index (χ1n) is 5.82. The van der Waals surface area contributed by atoms with E-state index in [1.54, 1.807) is 24.2 Å². The average Bonchev–Trinajstić information content (AvgIpc) is 2.86. The Bertz CT molecular complexity index is 408. The lowest BCUT2D eigenvalue weighted by atomic mass is 10.2. The molecule has 5 heteroatoms. The van der Waals surface area contributed by atoms with Crippen LogP contribution in [0.25, 0.3) is 0 Å². The van der Waals surface area contributed by atoms with Crippen LogP contribution in [0.4, 0.5) is 5.69 Å². The molecule has 2 N–H and O–H groups in total. The number of rotatable bonds is 3. The Morgan fingerprint density at radius 3 is 3.24 bits per heavy atom. The second-order valence-corrected chi connectivity index (χ2v) is 4.16. The van der Waals surface area contributed by atoms with Gasteiger partial charge in [0, 0.05) is 25.5 Å². The van der Waals surface area contributed by atoms with Crippen LogP contribution >= 0.6 is 0 Å². The molecule has 1 aromatic rings. The van der Waals surface area contributed by atoms with Gasteiger partial charge in [0.05, 0.1) is 12.6 Å². The number of carbonyl (C=O) groups excluding carboxylic acids is 1. The summed E-state index contributed by atoms with van der Waals surface area (Å²) in [5.41, 5.74) is 1.29. The fraction of sp³-hybridized carbons (Fsp3) is 0.500. The third-order valence-corrected chi connectivity index (χ3v) is 3.12. The van der Waals surface area contributed by atoms with Crippen molar-refractivity contribution in [1.29, 1.82) is 0 Å². The Labute approximate surface area is 100 Å². The molecule has 2 heterocycles. The molecule has 1 fully saturated rings. The number of carbonyl (C=O) groups is 1. The molecule has 0 spiro atoms. The molecule has 0 saturated carbocycles. The number of nitrogens with zero attached hydrogens (tertiary/aromatic N) is 2. The molecule has 1 aliphatic heterocycles. The summed E-state index contributed by atoms with van der Waals surface area (Å²) in [7, 11) is 1.80. The van der Waals surface area contributed by atoms with Crippen LogP contribution in [0, 0.1) is 0 Å². The molecule has 92 valence electrons. The fourth-order valence-corrected chi connectivity index (χ4v) is 2.14. The Balaban J connectivity index is 2.18. The second kappa shape index (κ2) is 5.14. The van der Waals surface area contributed by atoms with Crippen molar-refractivity contribution in [1.82, 2.24) is 9.88 Å². The zero-order valence-corrected chi connectivity index (χ0v) is 9.89. The van der Waals surface area contributed by atoms with Gasteiger partial charge in [-0.2, -0.15) is 0 Å². The molecular weight excluding hydrogens is 218 g/mol. The third kappa shape index (κ3) is 2.39. The number of hydrogen-bond donors (Lipinski definition) is 2. The molecule has 0 aliphatic carbocycles. The highest BCUT2D eigenvalue weighted by molar-refractivity contribution is 5.93. The summed E-state index contributed by atoms with van der Waals surface area (Å²) < 4.78 is 0. The molecule has 1 unspecified atom stereocenters. The zero-order valence-electron chi connectivity index (χ0n) is 9.89. The van der Waals surface area contributed by atoms with Crippen molar-refractivity contribution in [3.8, 4) is 0 Å². The maximum atomic E-state index is 12.2. The summed E-state index contributed by atoms with van der Waals surface area (Å²) in [4.78, 5) is 18.0. The fourth-order valence-electron chi connectivity index (χ4n) is 2.14. The predicted molar refractivity (Wildman–Crippen MR) is 64.9 cm³/mol. The van der Waals surface area contributed by atoms with Crippen LogP contribution in [0.5, 0.6) is 0 Å². The lowest BCUT2D eigenvalue weighted by molar-refractivity contribution is 0.0672. The third-order valence-electron chi connectivity index (χ3n) is 3.12. The van der Waals surface area contributed by atoms with Gasteiger partial charge in [-0.3, -0.25) is 9.78 Å². The van der Waals surface area contributed by atoms with Gasteiger partial charge >= 0.3 is 0 Å². The van der Waals surface area contributed by atoms with Gasteiger partial charge in [0.1, 0.15) is 5.69 Å². The van der Waals surface area contributed by atoms with Crippen molar-refractivity contribution in [3.63, 3.8) is 0 Å². The summed E-state index contributed by atoms with van der Waals surface area (Å²) in [6, 6.07) is 3.49. The van der Waals surface area contributed by atoms with Crippen LogP contribution in [-0.2, 0) is 0 Å². The Morgan fingerprint density at radius 2 is 2.53 bits per heavy atom. The number of likely N-dealkylation sites (tertiary alicyclic amines) is 1. The number of nitrogens with one attached hydrogen (secondary N) is 1. The predicted octanol–water partition coefficient (Wildman–Crippen LogP) is 0.720. The lowest BCUT2D eigenvalue weighted by Crippen LogP contribution is -2.38. The van der Waals surface area contributed by atoms with Crippen molar-refractivity contribution in [2.75, 3.05) is 25.5 Å². The van der Waals surface area contributed by atoms with Crippen LogP contribution in [0.3, 0.4) is 0 Å². The van der Waals surface area contributed by atoms with Gasteiger partial charge in [0.25, 0.3) is 5.91 Å². The van der Waals surface area contributed by atoms with E-state index in [4.69, 9.17) is 0 Å². The first kappa shape index (κ1) is 11.9. The summed E-state index contributed by atoms with van der Waals surface area (Å²) in [6.45, 7) is 0.729. The molecule has 2 rings (SSSR count). The number of aromatic nitrogens is 1. The highest BCUT2D eigenvalue weighted by atomic mass is 16.3. The quantitative estimate of drug-likeness (QED) is 0.810. The van der Waals surface area contributed by atoms with E-state index in [1.165, 1.54) is 0 Å². The molecule has 0 bridgehead atoms. The van der Waals surface area contributed by atoms with Gasteiger partial charge in [0.2, 0.25) is 0 Å². The normalized spacial score (nSPS) is 19.4. The van der Waals surface area contributed by atoms with Crippen LogP contribution in [-0.4, -0.2) is 47.1 Å². The molecule has 1 aliphatic rings. The van der Waals surface area contributed by atoms with E-state index in [0.29, 0.717) is 12.2 Å². The van der Waals surface area contributed by atoms with E-state index in [1.807, 2.05) is 6.07 Å². The Hall–Kier alpha value is -1.62. The number of amides is 1. The molecule has 0 radical (unpaired) electrons. The topological polar surface area (TPSA) is 65.5 Å². The maximum Gasteiger partial charge on any atom is 0.272 e. The first-order chi connectivity index (χ1) is 8.26. The van der Waals surface area contributed by atoms with Crippen LogP contribution < -0.4 is 5.32 Å². The smallest absolute Gasteiger partial charge is 0.272 e. The monoisotopic (exact) mass is 235 g/mol. The molecule has 1 amide bonds. The van der Waals surface area contributed by atoms with Gasteiger partial charge in [-0.15, -0.1) is 0 Å². The molecular formula is C12H17N3O2. The van der Waals surface area contributed by atoms with Crippen molar-refractivity contribution in [2.24, 2.45) is 0 Å². The van der Waals surface area contributed by atoms with Crippen molar-refractivity contribution in [2.45, 2.75) is 18.9 Å². The molecule has 5 nitrogen and oxygen atoms in total. The molecule has 1 saturated heterocycles. The minimum Gasteiger partial charge on any atom is -0.394 e. The van der Waals surface area contributed by atoms with Crippen molar-refractivity contribution >= 4 is 11.6 Å². The Morgan fingerprint density at radius 1 is 1.71 bits per heavy atom. The first-order valence-corrected chi connectivity index (χ1v) is 5.82. The highest BCUT2D eigenvalue weighted by Gasteiger charge is 2.29. The number of pyridine rings is 1. The van der Waals surface area contributed by atoms with E-state index < -0.39 is 0 Å². The van der Waals surface area contributed by atoms with E-state index in [0.717, 1.165) is 18.5 Å². The van der Waals surface area contributed by atoms with Crippen molar-refractivity contribution in [3.05, 3.63) is 24.0 Å². The number of aliphatic hydroxyl groups excluding tert-OH is 1. The number of aliphatic hydroxyl groups is 1. The molecule has 17 heavy (non-hydrogen) atoms. The van der Waals surface area contributed by atoms with Gasteiger partial charge in [0.15, 0.2) is 0 Å². The van der Waals surface area contributed by atoms with Crippen molar-refractivity contribution < 1.29 is 9.90 Å². The standard InChI is InChI=1S/C12H17N3O2/c1-13-9-4-5-14-11(7-9)12(17)15-6-2-3-10(15)8-16/h4-5,7,10,16H,2-3,6,8H2,1H3,(H,13,14). The van der Waals surface area contributed by atoms with E-state index in [9.17, 15) is 9.90 Å². The van der Waals surface area contributed by atoms with Gasteiger partial charge in [-0.1, -0.05) is 0 Å². The van der Waals surface area contributed by atoms with Gasteiger partial charge in [-0.25, -0.2) is 0 Å². The van der Waals surface area contributed by atoms with Crippen LogP contribution in [0.15, 0.2) is 18.3 Å². The van der Waals surface area contributed by atoms with E-state index in [2.05, 4.69) is 10.3 Å². The SMILES string of the molecule is CNc1ccnc(C(=O)N2CCCC2CO)c1. The number of anilines is 1. The van der Waals surface area contributed by atoms with E-state index in [-0.39, 0.29) is 18.6 Å². The maximum absolute atomic E-state index is 12.2. The largest absolute Gasteiger partial charge is 0.394 e.